The standard InChI is InChI=1S/C27H35N3O4/c31-23-9-8-22(25(32)28-23)30-17-20-19(26(30)33)6-7-21-24(20)34-15-12-27(21)10-13-29(14-11-27)16-18-4-2-1-3-5-18/h6-7,18,22H,1-5,8-17H2,(H,28,31,32). The van der Waals surface area contributed by atoms with Gasteiger partial charge in [0.15, 0.2) is 0 Å². The van der Waals surface area contributed by atoms with E-state index in [1.165, 1.54) is 44.2 Å². The summed E-state index contributed by atoms with van der Waals surface area (Å²) in [5.74, 6) is 1.000. The van der Waals surface area contributed by atoms with E-state index in [9.17, 15) is 14.4 Å². The maximum absolute atomic E-state index is 13.2. The minimum absolute atomic E-state index is 0.122. The highest BCUT2D eigenvalue weighted by Crippen LogP contribution is 2.49. The second-order valence-corrected chi connectivity index (χ2v) is 11.1. The molecule has 0 radical (unpaired) electrons. The quantitative estimate of drug-likeness (QED) is 0.694. The van der Waals surface area contributed by atoms with Crippen molar-refractivity contribution in [1.82, 2.24) is 15.1 Å². The fourth-order valence-corrected chi connectivity index (χ4v) is 7.10. The van der Waals surface area contributed by atoms with Crippen molar-refractivity contribution >= 4 is 17.7 Å². The molecule has 4 heterocycles. The normalized spacial score (nSPS) is 27.4. The molecule has 182 valence electrons. The Morgan fingerprint density at radius 1 is 1.00 bits per heavy atom. The lowest BCUT2D eigenvalue weighted by Gasteiger charge is -2.46. The monoisotopic (exact) mass is 465 g/mol. The zero-order valence-corrected chi connectivity index (χ0v) is 19.9. The van der Waals surface area contributed by atoms with Crippen LogP contribution in [0.3, 0.4) is 0 Å². The summed E-state index contributed by atoms with van der Waals surface area (Å²) in [6.45, 7) is 4.58. The number of ether oxygens (including phenoxy) is 1. The topological polar surface area (TPSA) is 79.0 Å². The van der Waals surface area contributed by atoms with Crippen LogP contribution in [0.1, 0.15) is 85.7 Å². The smallest absolute Gasteiger partial charge is 0.255 e. The van der Waals surface area contributed by atoms with Crippen LogP contribution in [0.4, 0.5) is 0 Å². The molecule has 0 bridgehead atoms. The molecule has 7 heteroatoms. The van der Waals surface area contributed by atoms with Gasteiger partial charge in [-0.25, -0.2) is 0 Å². The minimum Gasteiger partial charge on any atom is -0.493 e. The van der Waals surface area contributed by atoms with Crippen molar-refractivity contribution in [3.63, 3.8) is 0 Å². The molecule has 3 fully saturated rings. The number of carbonyl (C=O) groups is 3. The van der Waals surface area contributed by atoms with Gasteiger partial charge in [-0.3, -0.25) is 19.7 Å². The van der Waals surface area contributed by atoms with E-state index in [1.54, 1.807) is 4.90 Å². The largest absolute Gasteiger partial charge is 0.493 e. The molecule has 1 atom stereocenters. The second kappa shape index (κ2) is 8.67. The maximum atomic E-state index is 13.2. The highest BCUT2D eigenvalue weighted by Gasteiger charge is 2.45. The van der Waals surface area contributed by atoms with Crippen molar-refractivity contribution in [2.24, 2.45) is 5.92 Å². The zero-order chi connectivity index (χ0) is 23.3. The van der Waals surface area contributed by atoms with Crippen molar-refractivity contribution < 1.29 is 19.1 Å². The molecule has 4 aliphatic heterocycles. The summed E-state index contributed by atoms with van der Waals surface area (Å²) >= 11 is 0. The van der Waals surface area contributed by atoms with Crippen molar-refractivity contribution in [2.75, 3.05) is 26.2 Å². The number of nitrogens with one attached hydrogen (secondary N) is 1. The van der Waals surface area contributed by atoms with Gasteiger partial charge in [0.05, 0.1) is 13.2 Å². The zero-order valence-electron chi connectivity index (χ0n) is 19.9. The summed E-state index contributed by atoms with van der Waals surface area (Å²) in [5.41, 5.74) is 2.95. The van der Waals surface area contributed by atoms with E-state index in [2.05, 4.69) is 16.3 Å². The number of carbonyl (C=O) groups excluding carboxylic acids is 3. The van der Waals surface area contributed by atoms with Crippen LogP contribution < -0.4 is 10.1 Å². The van der Waals surface area contributed by atoms with Gasteiger partial charge >= 0.3 is 0 Å². The van der Waals surface area contributed by atoms with Gasteiger partial charge in [-0.15, -0.1) is 0 Å². The van der Waals surface area contributed by atoms with Gasteiger partial charge < -0.3 is 14.5 Å². The number of amides is 3. The van der Waals surface area contributed by atoms with E-state index in [0.29, 0.717) is 25.1 Å². The number of hydrogen-bond donors (Lipinski definition) is 1. The molecule has 1 N–H and O–H groups in total. The van der Waals surface area contributed by atoms with Gasteiger partial charge in [-0.2, -0.15) is 0 Å². The highest BCUT2D eigenvalue weighted by atomic mass is 16.5. The van der Waals surface area contributed by atoms with Crippen molar-refractivity contribution in [1.29, 1.82) is 0 Å². The van der Waals surface area contributed by atoms with E-state index < -0.39 is 6.04 Å². The van der Waals surface area contributed by atoms with E-state index in [0.717, 1.165) is 49.6 Å². The van der Waals surface area contributed by atoms with Gasteiger partial charge in [0.1, 0.15) is 11.8 Å². The third-order valence-corrected chi connectivity index (χ3v) is 9.12. The lowest BCUT2D eigenvalue weighted by molar-refractivity contribution is -0.136. The van der Waals surface area contributed by atoms with Crippen LogP contribution in [0.5, 0.6) is 5.75 Å². The van der Waals surface area contributed by atoms with Crippen LogP contribution in [0.2, 0.25) is 0 Å². The van der Waals surface area contributed by atoms with Crippen LogP contribution in [-0.2, 0) is 21.5 Å². The summed E-state index contributed by atoms with van der Waals surface area (Å²) in [6.07, 6.45) is 10.9. The molecule has 1 aromatic carbocycles. The summed E-state index contributed by atoms with van der Waals surface area (Å²) < 4.78 is 6.22. The third-order valence-electron chi connectivity index (χ3n) is 9.12. The lowest BCUT2D eigenvalue weighted by Crippen LogP contribution is -2.52. The molecule has 34 heavy (non-hydrogen) atoms. The molecule has 1 saturated carbocycles. The fourth-order valence-electron chi connectivity index (χ4n) is 7.10. The molecule has 6 rings (SSSR count). The Hall–Kier alpha value is -2.41. The number of imide groups is 1. The number of hydrogen-bond acceptors (Lipinski definition) is 5. The molecular formula is C27H35N3O4. The average molecular weight is 466 g/mol. The lowest BCUT2D eigenvalue weighted by atomic mass is 9.68. The Balaban J connectivity index is 1.20. The van der Waals surface area contributed by atoms with Crippen molar-refractivity contribution in [3.8, 4) is 5.75 Å². The molecule has 2 saturated heterocycles. The Morgan fingerprint density at radius 3 is 2.56 bits per heavy atom. The minimum atomic E-state index is -0.589. The van der Waals surface area contributed by atoms with Gasteiger partial charge in [0.2, 0.25) is 11.8 Å². The van der Waals surface area contributed by atoms with E-state index in [4.69, 9.17) is 4.74 Å². The molecular weight excluding hydrogens is 430 g/mol. The molecule has 3 amide bonds. The van der Waals surface area contributed by atoms with E-state index >= 15 is 0 Å². The van der Waals surface area contributed by atoms with Crippen LogP contribution in [0, 0.1) is 5.92 Å². The van der Waals surface area contributed by atoms with Crippen LogP contribution in [-0.4, -0.2) is 59.8 Å². The highest BCUT2D eigenvalue weighted by molar-refractivity contribution is 6.05. The summed E-state index contributed by atoms with van der Waals surface area (Å²) in [5, 5.41) is 2.39. The van der Waals surface area contributed by atoms with Gasteiger partial charge in [0, 0.05) is 35.1 Å². The van der Waals surface area contributed by atoms with Crippen LogP contribution >= 0.6 is 0 Å². The molecule has 1 unspecified atom stereocenters. The Morgan fingerprint density at radius 2 is 1.79 bits per heavy atom. The predicted octanol–water partition coefficient (Wildman–Crippen LogP) is 3.14. The average Bonchev–Trinajstić information content (AvgIpc) is 3.18. The number of benzene rings is 1. The van der Waals surface area contributed by atoms with Crippen LogP contribution in [0.15, 0.2) is 12.1 Å². The van der Waals surface area contributed by atoms with Gasteiger partial charge in [-0.05, 0) is 63.6 Å². The SMILES string of the molecule is O=C1CCC(N2Cc3c(ccc4c3OCCC43CCN(CC4CCCCC4)CC3)C2=O)C(=O)N1. The first-order chi connectivity index (χ1) is 16.5. The molecule has 1 aromatic rings. The first-order valence-electron chi connectivity index (χ1n) is 13.2. The first-order valence-corrected chi connectivity index (χ1v) is 13.2. The Labute approximate surface area is 201 Å². The summed E-state index contributed by atoms with van der Waals surface area (Å²) in [7, 11) is 0. The summed E-state index contributed by atoms with van der Waals surface area (Å²) in [4.78, 5) is 41.5. The van der Waals surface area contributed by atoms with E-state index in [1.807, 2.05) is 6.07 Å². The van der Waals surface area contributed by atoms with Gasteiger partial charge in [-0.1, -0.05) is 25.3 Å². The predicted molar refractivity (Wildman–Crippen MR) is 127 cm³/mol. The van der Waals surface area contributed by atoms with Gasteiger partial charge in [0.25, 0.3) is 5.91 Å². The van der Waals surface area contributed by atoms with E-state index in [-0.39, 0.29) is 29.6 Å². The number of likely N-dealkylation sites (tertiary alicyclic amines) is 1. The third kappa shape index (κ3) is 3.72. The molecule has 1 spiro atoms. The number of rotatable bonds is 3. The molecule has 0 aromatic heterocycles. The molecule has 5 aliphatic rings. The number of nitrogens with zero attached hydrogens (tertiary/aromatic N) is 2. The molecule has 1 aliphatic carbocycles. The van der Waals surface area contributed by atoms with Crippen LogP contribution in [0.25, 0.3) is 0 Å². The Bertz CT molecular complexity index is 1010. The van der Waals surface area contributed by atoms with Crippen molar-refractivity contribution in [3.05, 3.63) is 28.8 Å². The van der Waals surface area contributed by atoms with Crippen molar-refractivity contribution in [2.45, 2.75) is 82.2 Å². The first kappa shape index (κ1) is 22.1. The Kier molecular flexibility index (Phi) is 5.63. The fraction of sp³-hybridized carbons (Fsp3) is 0.667. The summed E-state index contributed by atoms with van der Waals surface area (Å²) in [6, 6.07) is 3.48. The second-order valence-electron chi connectivity index (χ2n) is 11.1. The maximum Gasteiger partial charge on any atom is 0.255 e. The number of piperidine rings is 2. The number of fused-ring (bicyclic) bond motifs is 4. The molecule has 7 nitrogen and oxygen atoms in total.